The highest BCUT2D eigenvalue weighted by atomic mass is 16.3. The first-order chi connectivity index (χ1) is 4.84. The topological polar surface area (TPSA) is 72.0 Å². The van der Waals surface area contributed by atoms with Gasteiger partial charge in [0, 0.05) is 18.0 Å². The van der Waals surface area contributed by atoms with Crippen molar-refractivity contribution in [2.75, 3.05) is 6.61 Å². The lowest BCUT2D eigenvalue weighted by Gasteiger charge is -2.04. The second kappa shape index (κ2) is 3.24. The molecular weight excluding hydrogens is 130 g/mol. The van der Waals surface area contributed by atoms with Crippen LogP contribution in [0.2, 0.25) is 0 Å². The van der Waals surface area contributed by atoms with Crippen molar-refractivity contribution >= 4 is 0 Å². The second-order valence-electron chi connectivity index (χ2n) is 1.96. The third-order valence-corrected chi connectivity index (χ3v) is 1.21. The number of hydrogen-bond acceptors (Lipinski definition) is 4. The third kappa shape index (κ3) is 1.49. The molecule has 0 saturated heterocycles. The Hall–Kier alpha value is -1.00. The molecule has 1 aromatic rings. The normalized spacial score (nSPS) is 13.0. The van der Waals surface area contributed by atoms with Crippen LogP contribution in [-0.2, 0) is 0 Å². The first kappa shape index (κ1) is 7.11. The largest absolute Gasteiger partial charge is 0.394 e. The van der Waals surface area contributed by atoms with E-state index in [1.165, 1.54) is 6.33 Å². The predicted octanol–water partition coefficient (Wildman–Crippen LogP) is -0.531. The van der Waals surface area contributed by atoms with Crippen molar-refractivity contribution in [3.05, 3.63) is 24.3 Å². The van der Waals surface area contributed by atoms with Gasteiger partial charge in [0.05, 0.1) is 12.6 Å². The van der Waals surface area contributed by atoms with E-state index in [1.807, 2.05) is 0 Å². The number of aromatic nitrogens is 2. The first-order valence-corrected chi connectivity index (χ1v) is 2.96. The molecule has 0 spiro atoms. The third-order valence-electron chi connectivity index (χ3n) is 1.21. The molecule has 4 nitrogen and oxygen atoms in total. The molecule has 0 aliphatic carbocycles. The number of nitrogens with zero attached hydrogens (tertiary/aromatic N) is 2. The quantitative estimate of drug-likeness (QED) is 0.577. The average molecular weight is 139 g/mol. The van der Waals surface area contributed by atoms with Gasteiger partial charge in [-0.1, -0.05) is 0 Å². The van der Waals surface area contributed by atoms with Crippen molar-refractivity contribution < 1.29 is 5.11 Å². The standard InChI is InChI=1S/C6H9N3O/c7-6(3-10)5-1-8-4-9-2-5/h1-2,4,6,10H,3,7H2. The molecule has 0 fully saturated rings. The molecule has 10 heavy (non-hydrogen) atoms. The molecule has 0 saturated carbocycles. The lowest BCUT2D eigenvalue weighted by atomic mass is 10.2. The molecule has 0 aliphatic heterocycles. The summed E-state index contributed by atoms with van der Waals surface area (Å²) in [6, 6.07) is -0.360. The lowest BCUT2D eigenvalue weighted by molar-refractivity contribution is 0.267. The predicted molar refractivity (Wildman–Crippen MR) is 36.0 cm³/mol. The fourth-order valence-corrected chi connectivity index (χ4v) is 0.608. The van der Waals surface area contributed by atoms with Gasteiger partial charge in [-0.3, -0.25) is 0 Å². The Kier molecular flexibility index (Phi) is 2.30. The van der Waals surface area contributed by atoms with Crippen LogP contribution in [0.1, 0.15) is 11.6 Å². The van der Waals surface area contributed by atoms with E-state index in [4.69, 9.17) is 10.8 Å². The Morgan fingerprint density at radius 3 is 2.60 bits per heavy atom. The van der Waals surface area contributed by atoms with Gasteiger partial charge in [0.15, 0.2) is 0 Å². The van der Waals surface area contributed by atoms with E-state index in [-0.39, 0.29) is 12.6 Å². The van der Waals surface area contributed by atoms with Crippen molar-refractivity contribution in [1.82, 2.24) is 9.97 Å². The van der Waals surface area contributed by atoms with Gasteiger partial charge in [-0.15, -0.1) is 0 Å². The van der Waals surface area contributed by atoms with Crippen LogP contribution in [0.3, 0.4) is 0 Å². The van der Waals surface area contributed by atoms with Crippen molar-refractivity contribution in [2.45, 2.75) is 6.04 Å². The van der Waals surface area contributed by atoms with E-state index in [0.717, 1.165) is 5.56 Å². The van der Waals surface area contributed by atoms with Crippen LogP contribution in [0.15, 0.2) is 18.7 Å². The van der Waals surface area contributed by atoms with Crippen LogP contribution in [0, 0.1) is 0 Å². The van der Waals surface area contributed by atoms with E-state index in [0.29, 0.717) is 0 Å². The molecule has 3 N–H and O–H groups in total. The smallest absolute Gasteiger partial charge is 0.115 e. The summed E-state index contributed by atoms with van der Waals surface area (Å²) >= 11 is 0. The number of nitrogens with two attached hydrogens (primary N) is 1. The first-order valence-electron chi connectivity index (χ1n) is 2.96. The molecule has 0 radical (unpaired) electrons. The van der Waals surface area contributed by atoms with Crippen LogP contribution in [0.4, 0.5) is 0 Å². The van der Waals surface area contributed by atoms with Crippen molar-refractivity contribution in [2.24, 2.45) is 5.73 Å². The molecule has 1 heterocycles. The maximum atomic E-state index is 8.61. The Labute approximate surface area is 58.7 Å². The summed E-state index contributed by atoms with van der Waals surface area (Å²) in [5.74, 6) is 0. The molecule has 54 valence electrons. The Balaban J connectivity index is 2.75. The summed E-state index contributed by atoms with van der Waals surface area (Å²) in [6.45, 7) is -0.0760. The second-order valence-corrected chi connectivity index (χ2v) is 1.96. The van der Waals surface area contributed by atoms with Crippen LogP contribution in [0.25, 0.3) is 0 Å². The minimum Gasteiger partial charge on any atom is -0.394 e. The molecule has 1 unspecified atom stereocenters. The Morgan fingerprint density at radius 1 is 1.50 bits per heavy atom. The number of aliphatic hydroxyl groups excluding tert-OH is 1. The highest BCUT2D eigenvalue weighted by molar-refractivity contribution is 5.07. The highest BCUT2D eigenvalue weighted by Crippen LogP contribution is 2.03. The minimum atomic E-state index is -0.360. The monoisotopic (exact) mass is 139 g/mol. The van der Waals surface area contributed by atoms with E-state index < -0.39 is 0 Å². The molecule has 0 aliphatic rings. The zero-order valence-electron chi connectivity index (χ0n) is 5.44. The molecule has 1 atom stereocenters. The minimum absolute atomic E-state index is 0.0760. The summed E-state index contributed by atoms with van der Waals surface area (Å²) in [5, 5.41) is 8.61. The maximum Gasteiger partial charge on any atom is 0.115 e. The van der Waals surface area contributed by atoms with Crippen molar-refractivity contribution in [1.29, 1.82) is 0 Å². The Bertz CT molecular complexity index is 189. The lowest BCUT2D eigenvalue weighted by Crippen LogP contribution is -2.14. The summed E-state index contributed by atoms with van der Waals surface area (Å²) in [6.07, 6.45) is 4.61. The summed E-state index contributed by atoms with van der Waals surface area (Å²) < 4.78 is 0. The van der Waals surface area contributed by atoms with Crippen LogP contribution in [-0.4, -0.2) is 21.7 Å². The van der Waals surface area contributed by atoms with Crippen LogP contribution >= 0.6 is 0 Å². The molecule has 4 heteroatoms. The van der Waals surface area contributed by atoms with E-state index >= 15 is 0 Å². The summed E-state index contributed by atoms with van der Waals surface area (Å²) in [5.41, 5.74) is 6.22. The van der Waals surface area contributed by atoms with Gasteiger partial charge >= 0.3 is 0 Å². The molecule has 0 bridgehead atoms. The summed E-state index contributed by atoms with van der Waals surface area (Å²) in [4.78, 5) is 7.50. The fourth-order valence-electron chi connectivity index (χ4n) is 0.608. The number of rotatable bonds is 2. The van der Waals surface area contributed by atoms with Crippen molar-refractivity contribution in [3.8, 4) is 0 Å². The molecule has 0 aromatic carbocycles. The number of aliphatic hydroxyl groups is 1. The van der Waals surface area contributed by atoms with Gasteiger partial charge in [-0.05, 0) is 0 Å². The van der Waals surface area contributed by atoms with E-state index in [1.54, 1.807) is 12.4 Å². The maximum absolute atomic E-state index is 8.61. The van der Waals surface area contributed by atoms with Gasteiger partial charge in [-0.2, -0.15) is 0 Å². The molecule has 1 aromatic heterocycles. The SMILES string of the molecule is NC(CO)c1cncnc1. The average Bonchev–Trinajstić information content (AvgIpc) is 2.05. The van der Waals surface area contributed by atoms with Gasteiger partial charge in [0.2, 0.25) is 0 Å². The zero-order chi connectivity index (χ0) is 7.40. The van der Waals surface area contributed by atoms with Crippen molar-refractivity contribution in [3.63, 3.8) is 0 Å². The van der Waals surface area contributed by atoms with Gasteiger partial charge in [0.1, 0.15) is 6.33 Å². The Morgan fingerprint density at radius 2 is 2.10 bits per heavy atom. The highest BCUT2D eigenvalue weighted by Gasteiger charge is 2.02. The van der Waals surface area contributed by atoms with E-state index in [9.17, 15) is 0 Å². The summed E-state index contributed by atoms with van der Waals surface area (Å²) in [7, 11) is 0. The zero-order valence-corrected chi connectivity index (χ0v) is 5.44. The van der Waals surface area contributed by atoms with Gasteiger partial charge in [-0.25, -0.2) is 9.97 Å². The molecule has 0 amide bonds. The van der Waals surface area contributed by atoms with Crippen LogP contribution in [0.5, 0.6) is 0 Å². The number of hydrogen-bond donors (Lipinski definition) is 2. The van der Waals surface area contributed by atoms with Crippen LogP contribution < -0.4 is 5.73 Å². The van der Waals surface area contributed by atoms with E-state index in [2.05, 4.69) is 9.97 Å². The van der Waals surface area contributed by atoms with Gasteiger partial charge < -0.3 is 10.8 Å². The van der Waals surface area contributed by atoms with Gasteiger partial charge in [0.25, 0.3) is 0 Å². The molecular formula is C6H9N3O. The molecule has 1 rings (SSSR count). The fraction of sp³-hybridized carbons (Fsp3) is 0.333.